The van der Waals surface area contributed by atoms with Crippen LogP contribution in [0.3, 0.4) is 0 Å². The molecule has 1 saturated carbocycles. The first-order chi connectivity index (χ1) is 29.7. The van der Waals surface area contributed by atoms with Gasteiger partial charge in [-0.15, -0.1) is 0 Å². The first-order valence-electron chi connectivity index (χ1n) is 21.3. The van der Waals surface area contributed by atoms with Crippen LogP contribution in [-0.4, -0.2) is 135 Å². The van der Waals surface area contributed by atoms with Crippen molar-refractivity contribution < 1.29 is 33.2 Å². The molecule has 4 fully saturated rings. The number of pyridine rings is 2. The number of nitrogens with zero attached hydrogens (tertiary/aromatic N) is 8. The number of fused-ring (bicyclic) bond motifs is 2. The Morgan fingerprint density at radius 1 is 0.770 bits per heavy atom. The Morgan fingerprint density at radius 3 is 2.34 bits per heavy atom. The van der Waals surface area contributed by atoms with Crippen molar-refractivity contribution in [1.29, 1.82) is 0 Å². The quantitative estimate of drug-likeness (QED) is 0.187. The first kappa shape index (κ1) is 39.1. The number of hydrogen-bond acceptors (Lipinski definition) is 14. The van der Waals surface area contributed by atoms with Gasteiger partial charge in [0.1, 0.15) is 23.6 Å². The van der Waals surface area contributed by atoms with Gasteiger partial charge in [0.05, 0.1) is 28.9 Å². The van der Waals surface area contributed by atoms with E-state index >= 15 is 0 Å². The lowest BCUT2D eigenvalue weighted by Crippen LogP contribution is -2.54. The molecule has 10 rings (SSSR count). The predicted octanol–water partition coefficient (Wildman–Crippen LogP) is 4.27. The predicted molar refractivity (Wildman–Crippen MR) is 223 cm³/mol. The molecule has 0 spiro atoms. The summed E-state index contributed by atoms with van der Waals surface area (Å²) in [4.78, 5) is 72.3. The van der Waals surface area contributed by atoms with Gasteiger partial charge in [-0.25, -0.2) is 4.98 Å². The smallest absolute Gasteiger partial charge is 0.262 e. The largest absolute Gasteiger partial charge is 0.490 e. The van der Waals surface area contributed by atoms with E-state index in [-0.39, 0.29) is 37.1 Å². The summed E-state index contributed by atoms with van der Waals surface area (Å²) in [5.74, 6) is -0.249. The second-order valence-electron chi connectivity index (χ2n) is 16.7. The maximum atomic E-state index is 13.3. The van der Waals surface area contributed by atoms with E-state index < -0.39 is 23.8 Å². The van der Waals surface area contributed by atoms with Gasteiger partial charge >= 0.3 is 0 Å². The molecule has 314 valence electrons. The zero-order valence-electron chi connectivity index (χ0n) is 34.0. The summed E-state index contributed by atoms with van der Waals surface area (Å²) in [5.41, 5.74) is 4.68. The lowest BCUT2D eigenvalue weighted by molar-refractivity contribution is -0.136. The second-order valence-corrected chi connectivity index (χ2v) is 16.7. The Morgan fingerprint density at radius 2 is 1.56 bits per heavy atom. The minimum Gasteiger partial charge on any atom is -0.490 e. The van der Waals surface area contributed by atoms with Gasteiger partial charge in [0.25, 0.3) is 17.7 Å². The van der Waals surface area contributed by atoms with E-state index in [1.807, 2.05) is 55.5 Å². The van der Waals surface area contributed by atoms with E-state index in [4.69, 9.17) is 19.0 Å². The van der Waals surface area contributed by atoms with Crippen molar-refractivity contribution in [2.75, 3.05) is 57.3 Å². The maximum absolute atomic E-state index is 13.3. The van der Waals surface area contributed by atoms with Crippen LogP contribution in [0.5, 0.6) is 5.75 Å². The molecular weight excluding hydrogens is 779 g/mol. The van der Waals surface area contributed by atoms with Crippen molar-refractivity contribution in [3.8, 4) is 28.7 Å². The minimum atomic E-state index is -0.964. The van der Waals surface area contributed by atoms with Crippen molar-refractivity contribution in [3.63, 3.8) is 0 Å². The molecule has 5 aromatic rings. The van der Waals surface area contributed by atoms with Gasteiger partial charge < -0.3 is 23.8 Å². The summed E-state index contributed by atoms with van der Waals surface area (Å²) >= 11 is 0. The number of piperazine rings is 1. The average molecular weight is 826 g/mol. The number of rotatable bonds is 11. The zero-order chi connectivity index (χ0) is 41.6. The number of likely N-dealkylation sites (tertiary alicyclic amines) is 1. The highest BCUT2D eigenvalue weighted by Crippen LogP contribution is 2.34. The maximum Gasteiger partial charge on any atom is 0.262 e. The summed E-state index contributed by atoms with van der Waals surface area (Å²) in [6.07, 6.45) is 6.45. The molecule has 1 aliphatic carbocycles. The van der Waals surface area contributed by atoms with Gasteiger partial charge in [0.15, 0.2) is 0 Å². The summed E-state index contributed by atoms with van der Waals surface area (Å²) in [5, 5.41) is 7.38. The average Bonchev–Trinajstić information content (AvgIpc) is 3.85. The lowest BCUT2D eigenvalue weighted by atomic mass is 9.91. The molecule has 1 atom stereocenters. The van der Waals surface area contributed by atoms with Crippen molar-refractivity contribution >= 4 is 40.2 Å². The van der Waals surface area contributed by atoms with Crippen LogP contribution in [0.25, 0.3) is 33.9 Å². The van der Waals surface area contributed by atoms with E-state index in [0.717, 1.165) is 117 Å². The summed E-state index contributed by atoms with van der Waals surface area (Å²) < 4.78 is 18.3. The first-order valence-corrected chi connectivity index (χ1v) is 21.3. The third kappa shape index (κ3) is 8.10. The van der Waals surface area contributed by atoms with E-state index in [1.165, 1.54) is 0 Å². The van der Waals surface area contributed by atoms with Gasteiger partial charge in [-0.05, 0) is 80.8 Å². The summed E-state index contributed by atoms with van der Waals surface area (Å²) in [6, 6.07) is 18.0. The van der Waals surface area contributed by atoms with Crippen LogP contribution in [0.4, 0.5) is 5.69 Å². The molecule has 7 heterocycles. The van der Waals surface area contributed by atoms with Crippen LogP contribution < -0.4 is 15.0 Å². The highest BCUT2D eigenvalue weighted by atomic mass is 16.5. The number of ether oxygens (including phenoxy) is 2. The Kier molecular flexibility index (Phi) is 10.5. The van der Waals surface area contributed by atoms with Crippen molar-refractivity contribution in [3.05, 3.63) is 83.7 Å². The standard InChI is InChI=1S/C45H47N9O7/c1-27-22-29(10-13-46-27)43-49-41(50-61-43)38-6-2-28-23-32(4-7-37(28)47-38)60-34-25-33(26-34)59-31-11-14-51(15-12-31)16-17-52-18-20-53(21-19-52)30-3-5-35-36(24-30)45(58)54(44(35)57)39-8-9-40(55)48-42(39)56/h2-7,10,13,22-24,31,33-34,39H,8-9,11-12,14-21,25-26H2,1H3,(H,48,55,56)/t33-,34-,39?. The van der Waals surface area contributed by atoms with Crippen LogP contribution in [0.15, 0.2) is 71.4 Å². The molecular formula is C45H47N9O7. The van der Waals surface area contributed by atoms with E-state index in [9.17, 15) is 19.2 Å². The highest BCUT2D eigenvalue weighted by molar-refractivity contribution is 6.23. The van der Waals surface area contributed by atoms with Crippen LogP contribution >= 0.6 is 0 Å². The van der Waals surface area contributed by atoms with Crippen molar-refractivity contribution in [1.82, 2.24) is 40.1 Å². The third-order valence-corrected chi connectivity index (χ3v) is 12.6. The third-order valence-electron chi connectivity index (χ3n) is 12.6. The Bertz CT molecular complexity index is 2500. The molecule has 61 heavy (non-hydrogen) atoms. The number of aromatic nitrogens is 4. The summed E-state index contributed by atoms with van der Waals surface area (Å²) in [7, 11) is 0. The molecule has 3 saturated heterocycles. The van der Waals surface area contributed by atoms with Gasteiger partial charge in [0.2, 0.25) is 17.6 Å². The fraction of sp³-hybridized carbons (Fsp3) is 0.422. The number of imide groups is 2. The number of carbonyl (C=O) groups is 4. The number of benzene rings is 2. The SMILES string of the molecule is Cc1cc(-c2nc(-c3ccc4cc(O[C@H]5C[C@H](OC6CCN(CCN7CCN(c8ccc9c(c8)C(=O)N(C8CCC(=O)NC8=O)C9=O)CC7)CC6)C5)ccc4n3)no2)ccn1. The molecule has 5 aliphatic rings. The normalized spacial score (nSPS) is 22.7. The minimum absolute atomic E-state index is 0.0990. The van der Waals surface area contributed by atoms with Crippen LogP contribution in [-0.2, 0) is 14.3 Å². The number of piperidine rings is 2. The zero-order valence-corrected chi connectivity index (χ0v) is 34.0. The summed E-state index contributed by atoms with van der Waals surface area (Å²) in [6.45, 7) is 9.44. The second kappa shape index (κ2) is 16.4. The molecule has 16 heteroatoms. The fourth-order valence-electron chi connectivity index (χ4n) is 9.05. The highest BCUT2D eigenvalue weighted by Gasteiger charge is 2.45. The topological polar surface area (TPSA) is 176 Å². The van der Waals surface area contributed by atoms with Gasteiger partial charge in [-0.1, -0.05) is 11.2 Å². The monoisotopic (exact) mass is 825 g/mol. The molecule has 3 aromatic heterocycles. The van der Waals surface area contributed by atoms with Gasteiger partial charge in [0, 0.05) is 100 Å². The van der Waals surface area contributed by atoms with Crippen LogP contribution in [0.2, 0.25) is 0 Å². The number of hydrogen-bond donors (Lipinski definition) is 1. The molecule has 2 aromatic carbocycles. The Balaban J connectivity index is 0.630. The molecule has 1 unspecified atom stereocenters. The van der Waals surface area contributed by atoms with E-state index in [0.29, 0.717) is 28.5 Å². The van der Waals surface area contributed by atoms with Gasteiger partial charge in [-0.2, -0.15) is 4.98 Å². The van der Waals surface area contributed by atoms with E-state index in [2.05, 4.69) is 35.1 Å². The number of carbonyl (C=O) groups excluding carboxylic acids is 4. The Hall–Kier alpha value is -6.10. The number of aryl methyl sites for hydroxylation is 1. The molecule has 1 N–H and O–H groups in total. The van der Waals surface area contributed by atoms with Crippen molar-refractivity contribution in [2.24, 2.45) is 0 Å². The number of amides is 4. The molecule has 4 aliphatic heterocycles. The van der Waals surface area contributed by atoms with Gasteiger partial charge in [-0.3, -0.25) is 39.3 Å². The van der Waals surface area contributed by atoms with E-state index in [1.54, 1.807) is 18.3 Å². The lowest BCUT2D eigenvalue weighted by Gasteiger charge is -2.40. The Labute approximate surface area is 352 Å². The molecule has 0 bridgehead atoms. The van der Waals surface area contributed by atoms with Crippen molar-refractivity contribution in [2.45, 2.75) is 69.8 Å². The molecule has 4 amide bonds. The number of anilines is 1. The molecule has 16 nitrogen and oxygen atoms in total. The van der Waals surface area contributed by atoms with Crippen LogP contribution in [0.1, 0.15) is 64.9 Å². The molecule has 0 radical (unpaired) electrons. The number of nitrogens with one attached hydrogen (secondary N) is 1. The fourth-order valence-corrected chi connectivity index (χ4v) is 9.05. The van der Waals surface area contributed by atoms with Crippen LogP contribution in [0, 0.1) is 6.92 Å².